The Balaban J connectivity index is 2.34. The molecule has 1 N–H and O–H groups in total. The van der Waals surface area contributed by atoms with Gasteiger partial charge in [0, 0.05) is 18.5 Å². The molecule has 0 heterocycles. The predicted molar refractivity (Wildman–Crippen MR) is 247 cm³/mol. The van der Waals surface area contributed by atoms with Crippen LogP contribution in [0.5, 0.6) is 0 Å². The topological polar surface area (TPSA) is 77.1 Å². The smallest absolute Gasteiger partial charge is 0.306 e. The van der Waals surface area contributed by atoms with E-state index in [-0.39, 0.29) is 18.0 Å². The molecular weight excluding hydrogens is 721 g/mol. The van der Waals surface area contributed by atoms with E-state index in [1.165, 1.54) is 179 Å². The largest absolute Gasteiger partial charge is 0.466 e. The van der Waals surface area contributed by atoms with E-state index in [0.29, 0.717) is 19.4 Å². The van der Waals surface area contributed by atoms with Gasteiger partial charge in [-0.3, -0.25) is 19.9 Å². The Labute approximate surface area is 360 Å². The fraction of sp³-hybridized carbons (Fsp3) is 0.922. The number of hydroxylamine groups is 1. The monoisotopic (exact) mass is 819 g/mol. The minimum Gasteiger partial charge on any atom is -0.466 e. The number of nitrogens with zero attached hydrogens (tertiary/aromatic N) is 1. The summed E-state index contributed by atoms with van der Waals surface area (Å²) in [6.07, 6.45) is 44.8. The lowest BCUT2D eigenvalue weighted by Gasteiger charge is -2.25. The zero-order valence-corrected chi connectivity index (χ0v) is 39.3. The third-order valence-corrected chi connectivity index (χ3v) is 12.3. The van der Waals surface area contributed by atoms with Gasteiger partial charge in [0.25, 0.3) is 0 Å². The van der Waals surface area contributed by atoms with Gasteiger partial charge in [-0.25, -0.2) is 0 Å². The summed E-state index contributed by atoms with van der Waals surface area (Å²) in [6, 6.07) is 0. The first-order valence-electron chi connectivity index (χ1n) is 25.6. The van der Waals surface area contributed by atoms with Gasteiger partial charge in [-0.2, -0.15) is 0 Å². The molecule has 0 aromatic heterocycles. The fourth-order valence-electron chi connectivity index (χ4n) is 8.29. The Morgan fingerprint density at radius 2 is 0.948 bits per heavy atom. The molecule has 0 aromatic rings. The summed E-state index contributed by atoms with van der Waals surface area (Å²) in [5.41, 5.74) is 6.04. The number of carbonyl (C=O) groups excluding carboxylic acids is 2. The highest BCUT2D eigenvalue weighted by Crippen LogP contribution is 2.29. The minimum atomic E-state index is -0.0115. The van der Waals surface area contributed by atoms with E-state index in [2.05, 4.69) is 31.2 Å². The van der Waals surface area contributed by atoms with E-state index >= 15 is 0 Å². The number of carbonyl (C=O) groups is 2. The van der Waals surface area contributed by atoms with Crippen LogP contribution in [0.2, 0.25) is 0 Å². The normalized spacial score (nSPS) is 12.7. The average Bonchev–Trinajstić information content (AvgIpc) is 3.19. The van der Waals surface area contributed by atoms with Crippen molar-refractivity contribution in [2.45, 2.75) is 271 Å². The lowest BCUT2D eigenvalue weighted by atomic mass is 9.89. The van der Waals surface area contributed by atoms with Crippen molar-refractivity contribution >= 4 is 11.9 Å². The lowest BCUT2D eigenvalue weighted by Crippen LogP contribution is -2.28. The highest BCUT2D eigenvalue weighted by Gasteiger charge is 2.16. The number of allylic oxidation sites excluding steroid dienone is 2. The molecule has 0 bridgehead atoms. The molecular formula is C51H98N2O5. The van der Waals surface area contributed by atoms with Crippen LogP contribution in [-0.2, 0) is 23.9 Å². The Bertz CT molecular complexity index is 933. The zero-order chi connectivity index (χ0) is 42.0. The number of hydrogen-bond donors (Lipinski definition) is 1. The van der Waals surface area contributed by atoms with Crippen molar-refractivity contribution in [2.24, 2.45) is 0 Å². The number of hydrogen-bond acceptors (Lipinski definition) is 7. The maximum absolute atomic E-state index is 12.9. The first kappa shape index (κ1) is 54.4. The molecule has 0 aliphatic heterocycles. The molecule has 7 heteroatoms. The molecule has 0 radical (unpaired) electrons. The van der Waals surface area contributed by atoms with E-state index in [1.807, 2.05) is 0 Å². The van der Waals surface area contributed by atoms with Crippen LogP contribution in [0.3, 0.4) is 0 Å². The van der Waals surface area contributed by atoms with Crippen LogP contribution in [0.25, 0.3) is 0 Å². The standard InChI is InChI=1S/C51H98N2O5/c1-5-8-11-14-17-26-33-46-57-50(54)41-29-22-18-24-31-43-53(45-35-40-49(52-56-4)47-36-34-37-47)44-32-25-19-23-30-42-51(55)58-48(38-27-20-15-12-9-6-2)39-28-21-16-13-10-7-3/h48,52H,5-46H2,1-4H3. The predicted octanol–water partition coefficient (Wildman–Crippen LogP) is 15.0. The molecule has 1 aliphatic carbocycles. The van der Waals surface area contributed by atoms with Gasteiger partial charge in [0.15, 0.2) is 0 Å². The van der Waals surface area contributed by atoms with E-state index in [9.17, 15) is 9.59 Å². The van der Waals surface area contributed by atoms with Gasteiger partial charge < -0.3 is 14.4 Å². The molecule has 1 rings (SSSR count). The summed E-state index contributed by atoms with van der Waals surface area (Å²) in [4.78, 5) is 33.0. The van der Waals surface area contributed by atoms with Gasteiger partial charge in [-0.1, -0.05) is 162 Å². The third-order valence-electron chi connectivity index (χ3n) is 12.3. The summed E-state index contributed by atoms with van der Waals surface area (Å²) >= 11 is 0. The zero-order valence-electron chi connectivity index (χ0n) is 39.3. The number of rotatable bonds is 45. The van der Waals surface area contributed by atoms with Crippen molar-refractivity contribution in [1.29, 1.82) is 0 Å². The van der Waals surface area contributed by atoms with Crippen LogP contribution in [0.1, 0.15) is 265 Å². The Morgan fingerprint density at radius 3 is 1.43 bits per heavy atom. The van der Waals surface area contributed by atoms with E-state index in [1.54, 1.807) is 12.7 Å². The second kappa shape index (κ2) is 42.1. The van der Waals surface area contributed by atoms with Crippen molar-refractivity contribution in [2.75, 3.05) is 33.4 Å². The molecule has 7 nitrogen and oxygen atoms in total. The van der Waals surface area contributed by atoms with Crippen LogP contribution in [0.15, 0.2) is 11.3 Å². The SMILES string of the molecule is CCCCCCCCCOC(=O)CCCCCCCN(CCCCCCCC(=O)OC(CCCCCCCC)CCCCCCCC)CCCC(NOC)=C1CCC1. The lowest BCUT2D eigenvalue weighted by molar-refractivity contribution is -0.150. The molecule has 58 heavy (non-hydrogen) atoms. The first-order chi connectivity index (χ1) is 28.5. The van der Waals surface area contributed by atoms with Crippen LogP contribution >= 0.6 is 0 Å². The summed E-state index contributed by atoms with van der Waals surface area (Å²) in [5, 5.41) is 0. The van der Waals surface area contributed by atoms with Crippen molar-refractivity contribution < 1.29 is 23.9 Å². The second-order valence-corrected chi connectivity index (χ2v) is 17.8. The number of unbranched alkanes of at least 4 members (excludes halogenated alkanes) is 24. The van der Waals surface area contributed by atoms with E-state index < -0.39 is 0 Å². The van der Waals surface area contributed by atoms with Crippen LogP contribution in [-0.4, -0.2) is 56.3 Å². The van der Waals surface area contributed by atoms with Crippen LogP contribution < -0.4 is 5.48 Å². The summed E-state index contributed by atoms with van der Waals surface area (Å²) < 4.78 is 11.6. The molecule has 0 unspecified atom stereocenters. The number of nitrogens with one attached hydrogen (secondary N) is 1. The van der Waals surface area contributed by atoms with Crippen molar-refractivity contribution in [1.82, 2.24) is 10.4 Å². The third kappa shape index (κ3) is 34.1. The molecule has 1 saturated carbocycles. The molecule has 342 valence electrons. The van der Waals surface area contributed by atoms with Gasteiger partial charge >= 0.3 is 11.9 Å². The highest BCUT2D eigenvalue weighted by atomic mass is 16.6. The van der Waals surface area contributed by atoms with Crippen LogP contribution in [0, 0.1) is 0 Å². The maximum Gasteiger partial charge on any atom is 0.306 e. The van der Waals surface area contributed by atoms with Crippen molar-refractivity contribution in [3.63, 3.8) is 0 Å². The molecule has 0 spiro atoms. The second-order valence-electron chi connectivity index (χ2n) is 17.8. The van der Waals surface area contributed by atoms with E-state index in [0.717, 1.165) is 77.4 Å². The molecule has 1 aliphatic rings. The Kier molecular flexibility index (Phi) is 39.5. The van der Waals surface area contributed by atoms with Crippen LogP contribution in [0.4, 0.5) is 0 Å². The summed E-state index contributed by atoms with van der Waals surface area (Å²) in [6.45, 7) is 10.8. The minimum absolute atomic E-state index is 0.0115. The van der Waals surface area contributed by atoms with Gasteiger partial charge in [-0.05, 0) is 115 Å². The first-order valence-corrected chi connectivity index (χ1v) is 25.6. The van der Waals surface area contributed by atoms with E-state index in [4.69, 9.17) is 14.3 Å². The highest BCUT2D eigenvalue weighted by molar-refractivity contribution is 5.69. The molecule has 0 aromatic carbocycles. The van der Waals surface area contributed by atoms with Crippen molar-refractivity contribution in [3.05, 3.63) is 11.3 Å². The molecule has 1 fully saturated rings. The maximum atomic E-state index is 12.9. The van der Waals surface area contributed by atoms with Crippen molar-refractivity contribution in [3.8, 4) is 0 Å². The number of esters is 2. The summed E-state index contributed by atoms with van der Waals surface area (Å²) in [7, 11) is 1.72. The van der Waals surface area contributed by atoms with Gasteiger partial charge in [-0.15, -0.1) is 0 Å². The van der Waals surface area contributed by atoms with Gasteiger partial charge in [0.05, 0.1) is 13.7 Å². The Hall–Kier alpha value is -1.60. The molecule has 0 saturated heterocycles. The quantitative estimate of drug-likeness (QED) is 0.0372. The number of ether oxygens (including phenoxy) is 2. The average molecular weight is 819 g/mol. The van der Waals surface area contributed by atoms with Gasteiger partial charge in [0.2, 0.25) is 0 Å². The molecule has 0 amide bonds. The molecule has 0 atom stereocenters. The summed E-state index contributed by atoms with van der Waals surface area (Å²) in [5.74, 6) is 0.0219. The fourth-order valence-corrected chi connectivity index (χ4v) is 8.29. The Morgan fingerprint density at radius 1 is 0.517 bits per heavy atom. The van der Waals surface area contributed by atoms with Gasteiger partial charge in [0.1, 0.15) is 6.10 Å².